The second kappa shape index (κ2) is 9.75. The van der Waals surface area contributed by atoms with Crippen LogP contribution in [0.3, 0.4) is 0 Å². The summed E-state index contributed by atoms with van der Waals surface area (Å²) in [5.74, 6) is 1.10. The second-order valence-electron chi connectivity index (χ2n) is 7.17. The van der Waals surface area contributed by atoms with E-state index in [0.29, 0.717) is 43.5 Å². The van der Waals surface area contributed by atoms with E-state index in [1.807, 2.05) is 12.1 Å². The smallest absolute Gasteiger partial charge is 0.321 e. The third-order valence-electron chi connectivity index (χ3n) is 4.81. The van der Waals surface area contributed by atoms with E-state index in [-0.39, 0.29) is 6.03 Å². The van der Waals surface area contributed by atoms with Crippen LogP contribution in [0.25, 0.3) is 0 Å². The first-order chi connectivity index (χ1) is 15.1. The third kappa shape index (κ3) is 5.70. The Kier molecular flexibility index (Phi) is 6.63. The number of anilines is 4. The molecule has 1 aliphatic heterocycles. The molecule has 0 radical (unpaired) electrons. The van der Waals surface area contributed by atoms with Gasteiger partial charge in [-0.3, -0.25) is 0 Å². The Balaban J connectivity index is 1.37. The van der Waals surface area contributed by atoms with E-state index in [1.165, 1.54) is 0 Å². The Labute approximate surface area is 187 Å². The number of H-pyrrole nitrogens is 1. The summed E-state index contributed by atoms with van der Waals surface area (Å²) in [6, 6.07) is 7.09. The highest BCUT2D eigenvalue weighted by atomic mass is 79.9. The van der Waals surface area contributed by atoms with Gasteiger partial charge in [-0.2, -0.15) is 4.98 Å². The molecule has 2 aromatic heterocycles. The van der Waals surface area contributed by atoms with Crippen LogP contribution in [0.2, 0.25) is 0 Å². The van der Waals surface area contributed by atoms with Crippen molar-refractivity contribution in [2.24, 2.45) is 0 Å². The van der Waals surface area contributed by atoms with E-state index in [4.69, 9.17) is 0 Å². The van der Waals surface area contributed by atoms with E-state index in [2.05, 4.69) is 51.8 Å². The van der Waals surface area contributed by atoms with Crippen LogP contribution in [-0.4, -0.2) is 61.7 Å². The molecule has 10 nitrogen and oxygen atoms in total. The number of halogens is 1. The fourth-order valence-corrected chi connectivity index (χ4v) is 3.55. The van der Waals surface area contributed by atoms with Crippen molar-refractivity contribution in [3.63, 3.8) is 0 Å². The average molecular weight is 487 g/mol. The maximum atomic E-state index is 12.3. The van der Waals surface area contributed by atoms with Crippen LogP contribution >= 0.6 is 15.9 Å². The molecule has 1 aromatic carbocycles. The van der Waals surface area contributed by atoms with Gasteiger partial charge in [0.2, 0.25) is 5.95 Å². The molecule has 1 atom stereocenters. The van der Waals surface area contributed by atoms with Gasteiger partial charge >= 0.3 is 6.03 Å². The molecule has 4 rings (SSSR count). The summed E-state index contributed by atoms with van der Waals surface area (Å²) in [6.45, 7) is 1.59. The lowest BCUT2D eigenvalue weighted by Gasteiger charge is -2.17. The first kappa shape index (κ1) is 21.1. The molecule has 31 heavy (non-hydrogen) atoms. The fraction of sp³-hybridized carbons (Fsp3) is 0.300. The first-order valence-electron chi connectivity index (χ1n) is 9.91. The minimum Gasteiger partial charge on any atom is -0.391 e. The van der Waals surface area contributed by atoms with Gasteiger partial charge < -0.3 is 30.9 Å². The highest BCUT2D eigenvalue weighted by Crippen LogP contribution is 2.23. The van der Waals surface area contributed by atoms with E-state index >= 15 is 0 Å². The van der Waals surface area contributed by atoms with Crippen LogP contribution in [0, 0.1) is 0 Å². The number of aromatic amines is 1. The van der Waals surface area contributed by atoms with Crippen LogP contribution in [0.15, 0.2) is 47.5 Å². The minimum absolute atomic E-state index is 0.225. The van der Waals surface area contributed by atoms with Crippen LogP contribution in [0.4, 0.5) is 27.9 Å². The van der Waals surface area contributed by atoms with Gasteiger partial charge in [0.1, 0.15) is 5.82 Å². The zero-order chi connectivity index (χ0) is 21.6. The molecule has 3 aromatic rings. The molecule has 0 aliphatic carbocycles. The number of benzene rings is 1. The molecule has 1 aliphatic rings. The van der Waals surface area contributed by atoms with Crippen molar-refractivity contribution in [1.82, 2.24) is 24.8 Å². The van der Waals surface area contributed by atoms with Gasteiger partial charge in [-0.15, -0.1) is 0 Å². The Bertz CT molecular complexity index is 1030. The number of nitrogens with one attached hydrogen (secondary N) is 4. The number of imidazole rings is 1. The lowest BCUT2D eigenvalue weighted by Crippen LogP contribution is -2.33. The predicted molar refractivity (Wildman–Crippen MR) is 121 cm³/mol. The number of aliphatic hydroxyl groups excluding tert-OH is 1. The standard InChI is InChI=1S/C20H23BrN8O2/c21-17-10-24-19(28-18(17)23-6-4-15-9-22-12-25-15)26-13-2-1-3-14(8-13)27-20(31)29-7-5-16(30)11-29/h1-3,8-10,12,16,30H,4-7,11H2,(H,22,25)(H,27,31)(H2,23,24,26,28). The van der Waals surface area contributed by atoms with Gasteiger partial charge in [-0.25, -0.2) is 14.8 Å². The number of nitrogens with zero attached hydrogens (tertiary/aromatic N) is 4. The molecule has 1 saturated heterocycles. The normalized spacial score (nSPS) is 15.7. The Hall–Kier alpha value is -3.18. The molecule has 1 fully saturated rings. The van der Waals surface area contributed by atoms with E-state index in [9.17, 15) is 9.90 Å². The van der Waals surface area contributed by atoms with Crippen molar-refractivity contribution in [1.29, 1.82) is 0 Å². The number of aromatic nitrogens is 4. The van der Waals surface area contributed by atoms with Crippen LogP contribution in [0.1, 0.15) is 12.1 Å². The highest BCUT2D eigenvalue weighted by Gasteiger charge is 2.24. The number of hydrogen-bond donors (Lipinski definition) is 5. The van der Waals surface area contributed by atoms with Crippen molar-refractivity contribution in [3.05, 3.63) is 53.2 Å². The van der Waals surface area contributed by atoms with Crippen LogP contribution < -0.4 is 16.0 Å². The molecule has 5 N–H and O–H groups in total. The van der Waals surface area contributed by atoms with Crippen LogP contribution in [0.5, 0.6) is 0 Å². The van der Waals surface area contributed by atoms with Gasteiger partial charge in [0, 0.05) is 55.5 Å². The number of rotatable bonds is 7. The lowest BCUT2D eigenvalue weighted by molar-refractivity contribution is 0.176. The molecule has 162 valence electrons. The molecule has 0 spiro atoms. The Morgan fingerprint density at radius 2 is 2.19 bits per heavy atom. The van der Waals surface area contributed by atoms with Crippen molar-refractivity contribution in [2.75, 3.05) is 35.6 Å². The zero-order valence-electron chi connectivity index (χ0n) is 16.7. The minimum atomic E-state index is -0.449. The number of aliphatic hydroxyl groups is 1. The fourth-order valence-electron chi connectivity index (χ4n) is 3.22. The summed E-state index contributed by atoms with van der Waals surface area (Å²) >= 11 is 3.46. The first-order valence-corrected chi connectivity index (χ1v) is 10.7. The number of hydrogen-bond acceptors (Lipinski definition) is 7. The predicted octanol–water partition coefficient (Wildman–Crippen LogP) is 2.96. The number of carbonyl (C=O) groups excluding carboxylic acids is 1. The number of likely N-dealkylation sites (tertiary alicyclic amines) is 1. The highest BCUT2D eigenvalue weighted by molar-refractivity contribution is 9.10. The number of β-amino-alcohol motifs (C(OH)–C–C–N with tert-alkyl or cyclic N) is 1. The molecule has 2 amide bonds. The maximum absolute atomic E-state index is 12.3. The molecular formula is C20H23BrN8O2. The zero-order valence-corrected chi connectivity index (χ0v) is 18.3. The van der Waals surface area contributed by atoms with Gasteiger partial charge in [-0.05, 0) is 40.5 Å². The molecular weight excluding hydrogens is 464 g/mol. The van der Waals surface area contributed by atoms with E-state index in [0.717, 1.165) is 22.3 Å². The maximum Gasteiger partial charge on any atom is 0.321 e. The summed E-state index contributed by atoms with van der Waals surface area (Å²) < 4.78 is 0.761. The quantitative estimate of drug-likeness (QED) is 0.346. The van der Waals surface area contributed by atoms with Crippen molar-refractivity contribution >= 4 is 45.1 Å². The molecule has 11 heteroatoms. The monoisotopic (exact) mass is 486 g/mol. The Morgan fingerprint density at radius 1 is 1.32 bits per heavy atom. The lowest BCUT2D eigenvalue weighted by atomic mass is 10.3. The Morgan fingerprint density at radius 3 is 2.97 bits per heavy atom. The molecule has 0 saturated carbocycles. The van der Waals surface area contributed by atoms with Crippen molar-refractivity contribution in [3.8, 4) is 0 Å². The summed E-state index contributed by atoms with van der Waals surface area (Å²) in [7, 11) is 0. The number of amides is 2. The topological polar surface area (TPSA) is 131 Å². The second-order valence-corrected chi connectivity index (χ2v) is 8.02. The van der Waals surface area contributed by atoms with Crippen molar-refractivity contribution < 1.29 is 9.90 Å². The third-order valence-corrected chi connectivity index (χ3v) is 5.39. The van der Waals surface area contributed by atoms with Gasteiger partial charge in [0.05, 0.1) is 16.9 Å². The van der Waals surface area contributed by atoms with Gasteiger partial charge in [-0.1, -0.05) is 6.07 Å². The molecule has 1 unspecified atom stereocenters. The SMILES string of the molecule is O=C(Nc1cccc(Nc2ncc(Br)c(NCCc3cnc[nH]3)n2)c1)N1CCC(O)C1. The van der Waals surface area contributed by atoms with Crippen LogP contribution in [-0.2, 0) is 6.42 Å². The summed E-state index contributed by atoms with van der Waals surface area (Å²) in [5.41, 5.74) is 2.43. The number of urea groups is 1. The van der Waals surface area contributed by atoms with Gasteiger partial charge in [0.15, 0.2) is 0 Å². The largest absolute Gasteiger partial charge is 0.391 e. The van der Waals surface area contributed by atoms with Crippen molar-refractivity contribution in [2.45, 2.75) is 18.9 Å². The van der Waals surface area contributed by atoms with E-state index < -0.39 is 6.10 Å². The van der Waals surface area contributed by atoms with E-state index in [1.54, 1.807) is 35.8 Å². The summed E-state index contributed by atoms with van der Waals surface area (Å²) in [6.07, 6.45) is 6.07. The average Bonchev–Trinajstić information content (AvgIpc) is 3.42. The molecule has 3 heterocycles. The summed E-state index contributed by atoms with van der Waals surface area (Å²) in [5, 5.41) is 18.9. The molecule has 0 bridgehead atoms. The summed E-state index contributed by atoms with van der Waals surface area (Å²) in [4.78, 5) is 29.8. The number of carbonyl (C=O) groups is 1. The van der Waals surface area contributed by atoms with Gasteiger partial charge in [0.25, 0.3) is 0 Å².